The summed E-state index contributed by atoms with van der Waals surface area (Å²) >= 11 is 0. The summed E-state index contributed by atoms with van der Waals surface area (Å²) in [5.74, 6) is 0.289. The summed E-state index contributed by atoms with van der Waals surface area (Å²) in [6.45, 7) is 32.7. The maximum absolute atomic E-state index is 13.8. The van der Waals surface area contributed by atoms with E-state index in [1.54, 1.807) is 0 Å². The van der Waals surface area contributed by atoms with Gasteiger partial charge >= 0.3 is 11.9 Å². The summed E-state index contributed by atoms with van der Waals surface area (Å²) in [4.78, 5) is 27.6. The number of benzene rings is 4. The molecule has 4 aromatic carbocycles. The van der Waals surface area contributed by atoms with Gasteiger partial charge in [0.2, 0.25) is 0 Å². The molecule has 3 aliphatic rings. The van der Waals surface area contributed by atoms with Crippen molar-refractivity contribution in [3.8, 4) is 23.0 Å². The molecule has 0 saturated heterocycles. The molecule has 0 radical (unpaired) electrons. The smallest absolute Gasteiger partial charge is 0.344 e. The lowest BCUT2D eigenvalue weighted by molar-refractivity contribution is -0.166. The van der Waals surface area contributed by atoms with Crippen LogP contribution in [0.25, 0.3) is 0 Å². The molecule has 2 aliphatic heterocycles. The highest BCUT2D eigenvalue weighted by Gasteiger charge is 2.33. The number of fused-ring (bicyclic) bond motifs is 11. The Balaban J connectivity index is 1.77. The summed E-state index contributed by atoms with van der Waals surface area (Å²) in [5, 5.41) is 25.1. The fraction of sp³-hybridized carbons (Fsp3) is 0.536. The highest BCUT2D eigenvalue weighted by atomic mass is 16.6. The number of hydrogen-bond acceptors (Lipinski definition) is 8. The van der Waals surface area contributed by atoms with Crippen LogP contribution in [0.5, 0.6) is 23.0 Å². The zero-order chi connectivity index (χ0) is 47.5. The van der Waals surface area contributed by atoms with E-state index in [9.17, 15) is 19.8 Å². The summed E-state index contributed by atoms with van der Waals surface area (Å²) < 4.78 is 25.5. The molecule has 64 heavy (non-hydrogen) atoms. The van der Waals surface area contributed by atoms with Gasteiger partial charge < -0.3 is 29.2 Å². The van der Waals surface area contributed by atoms with Crippen LogP contribution in [0.4, 0.5) is 0 Å². The van der Waals surface area contributed by atoms with Gasteiger partial charge in [0, 0.05) is 25.7 Å². The average molecular weight is 875 g/mol. The van der Waals surface area contributed by atoms with Crippen molar-refractivity contribution in [3.05, 3.63) is 115 Å². The monoisotopic (exact) mass is 875 g/mol. The van der Waals surface area contributed by atoms with Gasteiger partial charge in [-0.3, -0.25) is 0 Å². The van der Waals surface area contributed by atoms with Gasteiger partial charge in [-0.05, 0) is 129 Å². The first kappa shape index (κ1) is 48.5. The number of hydrogen-bond donors (Lipinski definition) is 2. The fourth-order valence-electron chi connectivity index (χ4n) is 8.66. The third-order valence-corrected chi connectivity index (χ3v) is 12.8. The van der Waals surface area contributed by atoms with Crippen molar-refractivity contribution in [1.82, 2.24) is 0 Å². The van der Waals surface area contributed by atoms with Crippen LogP contribution in [0.2, 0.25) is 0 Å². The minimum Gasteiger partial charge on any atom is -0.507 e. The molecule has 8 heteroatoms. The maximum atomic E-state index is 13.8. The normalized spacial score (nSPS) is 17.5. The molecule has 346 valence electrons. The lowest BCUT2D eigenvalue weighted by Gasteiger charge is -2.31. The standard InChI is InChI=1S/C56H74O8/c1-51(2,3)41-23-33-19-37-27-43(53(7,8)9)29-39-21-35-25-42(52(4,5)6)26-36(48(35)60)22-40-30-44(54(10,11)12)28-38(20-34(24-41)47(33)59)50(40)62-32-46(58)64-56(15,16)18-17-55(13,14)63-45(57)31-61-49(37)39/h23-30,59-60H,17-22,31-32H2,1-16H3. The van der Waals surface area contributed by atoms with Gasteiger partial charge in [0.15, 0.2) is 13.2 Å². The van der Waals surface area contributed by atoms with Crippen LogP contribution in [-0.4, -0.2) is 46.6 Å². The van der Waals surface area contributed by atoms with E-state index in [0.717, 1.165) is 44.5 Å². The van der Waals surface area contributed by atoms with Gasteiger partial charge in [0.25, 0.3) is 0 Å². The number of carbonyl (C=O) groups is 2. The molecule has 0 amide bonds. The van der Waals surface area contributed by atoms with E-state index in [0.29, 0.717) is 72.3 Å². The van der Waals surface area contributed by atoms with Crippen LogP contribution in [0, 0.1) is 0 Å². The molecule has 10 bridgehead atoms. The third kappa shape index (κ3) is 11.3. The Kier molecular flexibility index (Phi) is 13.0. The van der Waals surface area contributed by atoms with E-state index in [2.05, 4.69) is 132 Å². The molecule has 0 fully saturated rings. The maximum Gasteiger partial charge on any atom is 0.344 e. The molecule has 0 unspecified atom stereocenters. The molecule has 8 nitrogen and oxygen atoms in total. The third-order valence-electron chi connectivity index (χ3n) is 12.8. The van der Waals surface area contributed by atoms with Crippen LogP contribution >= 0.6 is 0 Å². The quantitative estimate of drug-likeness (QED) is 0.148. The van der Waals surface area contributed by atoms with Gasteiger partial charge in [0.1, 0.15) is 34.2 Å². The highest BCUT2D eigenvalue weighted by Crippen LogP contribution is 2.44. The van der Waals surface area contributed by atoms with Crippen LogP contribution in [0.3, 0.4) is 0 Å². The second kappa shape index (κ2) is 17.1. The Morgan fingerprint density at radius 2 is 0.625 bits per heavy atom. The molecule has 1 aliphatic carbocycles. The highest BCUT2D eigenvalue weighted by molar-refractivity contribution is 5.73. The number of phenols is 2. The van der Waals surface area contributed by atoms with Gasteiger partial charge in [0.05, 0.1) is 0 Å². The average Bonchev–Trinajstić information content (AvgIpc) is 3.13. The number of aromatic hydroxyl groups is 2. The van der Waals surface area contributed by atoms with Crippen LogP contribution in [0.1, 0.15) is 190 Å². The molecule has 0 spiro atoms. The Hall–Kier alpha value is -4.98. The minimum absolute atomic E-state index is 0.160. The van der Waals surface area contributed by atoms with E-state index in [1.807, 2.05) is 27.7 Å². The second-order valence-corrected chi connectivity index (χ2v) is 23.8. The van der Waals surface area contributed by atoms with Crippen molar-refractivity contribution >= 4 is 11.9 Å². The molecule has 4 aromatic rings. The van der Waals surface area contributed by atoms with E-state index in [4.69, 9.17) is 18.9 Å². The lowest BCUT2D eigenvalue weighted by atomic mass is 9.79. The van der Waals surface area contributed by atoms with Crippen LogP contribution in [-0.2, 0) is 66.4 Å². The number of ether oxygens (including phenoxy) is 4. The number of rotatable bonds is 0. The van der Waals surface area contributed by atoms with Gasteiger partial charge in [-0.15, -0.1) is 0 Å². The molecule has 7 rings (SSSR count). The second-order valence-electron chi connectivity index (χ2n) is 23.8. The Morgan fingerprint density at radius 1 is 0.406 bits per heavy atom. The Labute approximate surface area is 383 Å². The fourth-order valence-corrected chi connectivity index (χ4v) is 8.66. The lowest BCUT2D eigenvalue weighted by Crippen LogP contribution is -2.36. The van der Waals surface area contributed by atoms with E-state index >= 15 is 0 Å². The zero-order valence-electron chi connectivity index (χ0n) is 41.6. The van der Waals surface area contributed by atoms with Crippen LogP contribution < -0.4 is 9.47 Å². The molecular formula is C56H74O8. The van der Waals surface area contributed by atoms with Crippen molar-refractivity contribution in [2.45, 2.75) is 182 Å². The Morgan fingerprint density at radius 3 is 0.844 bits per heavy atom. The first-order chi connectivity index (χ1) is 29.3. The largest absolute Gasteiger partial charge is 0.507 e. The minimum atomic E-state index is -0.899. The van der Waals surface area contributed by atoms with E-state index in [1.165, 1.54) is 0 Å². The van der Waals surface area contributed by atoms with E-state index in [-0.39, 0.29) is 46.4 Å². The van der Waals surface area contributed by atoms with Gasteiger partial charge in [-0.2, -0.15) is 0 Å². The molecule has 0 saturated carbocycles. The van der Waals surface area contributed by atoms with Gasteiger partial charge in [-0.25, -0.2) is 9.59 Å². The molecule has 0 atom stereocenters. The van der Waals surface area contributed by atoms with Crippen molar-refractivity contribution in [1.29, 1.82) is 0 Å². The first-order valence-corrected chi connectivity index (χ1v) is 23.0. The zero-order valence-corrected chi connectivity index (χ0v) is 41.6. The predicted octanol–water partition coefficient (Wildman–Crippen LogP) is 12.2. The van der Waals surface area contributed by atoms with Gasteiger partial charge in [-0.1, -0.05) is 132 Å². The van der Waals surface area contributed by atoms with Crippen molar-refractivity contribution < 1.29 is 38.7 Å². The molecule has 2 N–H and O–H groups in total. The molecule has 0 aromatic heterocycles. The number of esters is 2. The Bertz CT molecular complexity index is 2170. The van der Waals surface area contributed by atoms with Crippen LogP contribution in [0.15, 0.2) is 48.5 Å². The summed E-state index contributed by atoms with van der Waals surface area (Å²) in [6.07, 6.45) is 2.04. The number of phenolic OH excluding ortho intramolecular Hbond substituents is 2. The summed E-state index contributed by atoms with van der Waals surface area (Å²) in [5.41, 5.74) is 7.39. The SMILES string of the molecule is CC1(C)CCC(C)(C)OC(=O)COc2c3cc(C(C)(C)C)cc2Cc2cc(C(C)(C)C)cc(c2O)Cc2cc(C(C)(C)C)cc(c2OCC(=O)O1)Cc1cc(C(C)(C)C)cc(c1O)C3. The molecule has 2 heterocycles. The first-order valence-electron chi connectivity index (χ1n) is 23.0. The predicted molar refractivity (Wildman–Crippen MR) is 256 cm³/mol. The molecular weight excluding hydrogens is 801 g/mol. The van der Waals surface area contributed by atoms with Crippen molar-refractivity contribution in [2.24, 2.45) is 0 Å². The van der Waals surface area contributed by atoms with E-state index < -0.39 is 23.1 Å². The van der Waals surface area contributed by atoms with Crippen molar-refractivity contribution in [3.63, 3.8) is 0 Å². The summed E-state index contributed by atoms with van der Waals surface area (Å²) in [6, 6.07) is 16.9. The van der Waals surface area contributed by atoms with Crippen molar-refractivity contribution in [2.75, 3.05) is 13.2 Å². The topological polar surface area (TPSA) is 112 Å². The summed E-state index contributed by atoms with van der Waals surface area (Å²) in [7, 11) is 0. The number of carbonyl (C=O) groups excluding carboxylic acids is 2.